The van der Waals surface area contributed by atoms with E-state index in [2.05, 4.69) is 235 Å². The van der Waals surface area contributed by atoms with E-state index < -0.39 is 0 Å². The molecule has 3 heteroatoms. The average molecular weight is 935 g/mol. The van der Waals surface area contributed by atoms with Gasteiger partial charge < -0.3 is 10.6 Å². The van der Waals surface area contributed by atoms with E-state index in [1.54, 1.807) is 0 Å². The van der Waals surface area contributed by atoms with Gasteiger partial charge in [-0.2, -0.15) is 0 Å². The van der Waals surface area contributed by atoms with Gasteiger partial charge in [-0.15, -0.1) is 0 Å². The Hall–Kier alpha value is -7.10. The van der Waals surface area contributed by atoms with Crippen LogP contribution in [0.25, 0.3) is 66.4 Å². The largest absolute Gasteiger partial charge is 0.398 e. The standard InChI is InChI=1S/C69H67BN2/c1-39-28-42(4)64(43(5)29-39)48-33-55(66-50-17-13-12-16-44(50)21-24-60(66)71)65(45-20-23-52-51-18-14-15-19-56(51)69(10,11)57(52)34-45)63(37-48)72(61-25-22-49(70)30-40(61)2)62-36-47-32-46-35-58-59(38-54(46)53(47)31-41(62)3)68(8,9)27-26-67(58,6)7/h12-25,28-31,33-38H,26-27,32,70-71H2,1-11H3. The number of benzene rings is 9. The lowest BCUT2D eigenvalue weighted by molar-refractivity contribution is 0.332. The summed E-state index contributed by atoms with van der Waals surface area (Å²) in [6, 6.07) is 56.2. The first-order chi connectivity index (χ1) is 34.3. The van der Waals surface area contributed by atoms with Crippen LogP contribution in [0.3, 0.4) is 0 Å². The second-order valence-electron chi connectivity index (χ2n) is 23.8. The number of nitrogen functional groups attached to an aromatic ring is 1. The van der Waals surface area contributed by atoms with Crippen LogP contribution in [0.2, 0.25) is 0 Å². The Morgan fingerprint density at radius 2 is 1.10 bits per heavy atom. The van der Waals surface area contributed by atoms with Gasteiger partial charge in [0, 0.05) is 33.6 Å². The Labute approximate surface area is 429 Å². The molecule has 0 aliphatic heterocycles. The van der Waals surface area contributed by atoms with Crippen molar-refractivity contribution < 1.29 is 0 Å². The number of anilines is 4. The fourth-order valence-corrected chi connectivity index (χ4v) is 13.6. The van der Waals surface area contributed by atoms with Crippen molar-refractivity contribution in [2.45, 2.75) is 112 Å². The smallest absolute Gasteiger partial charge is 0.139 e. The van der Waals surface area contributed by atoms with Crippen LogP contribution >= 0.6 is 0 Å². The minimum Gasteiger partial charge on any atom is -0.398 e. The normalized spacial score (nSPS) is 15.4. The van der Waals surface area contributed by atoms with Crippen LogP contribution in [0, 0.1) is 34.6 Å². The highest BCUT2D eigenvalue weighted by Gasteiger charge is 2.40. The number of aryl methyl sites for hydroxylation is 5. The van der Waals surface area contributed by atoms with Crippen LogP contribution in [-0.2, 0) is 22.7 Å². The van der Waals surface area contributed by atoms with Gasteiger partial charge in [0.05, 0.1) is 5.69 Å². The summed E-state index contributed by atoms with van der Waals surface area (Å²) in [4.78, 5) is 2.63. The van der Waals surface area contributed by atoms with Gasteiger partial charge in [0.15, 0.2) is 0 Å². The van der Waals surface area contributed by atoms with Gasteiger partial charge in [-0.05, 0) is 218 Å². The molecule has 0 atom stereocenters. The molecule has 356 valence electrons. The Balaban J connectivity index is 1.20. The fraction of sp³-hybridized carbons (Fsp3) is 0.246. The molecule has 0 saturated heterocycles. The van der Waals surface area contributed by atoms with E-state index in [0.717, 1.165) is 34.3 Å². The fourth-order valence-electron chi connectivity index (χ4n) is 13.6. The van der Waals surface area contributed by atoms with Crippen molar-refractivity contribution in [3.8, 4) is 55.6 Å². The summed E-state index contributed by atoms with van der Waals surface area (Å²) in [5, 5.41) is 2.31. The minimum absolute atomic E-state index is 0.133. The number of hydrogen-bond acceptors (Lipinski definition) is 2. The molecule has 0 saturated carbocycles. The van der Waals surface area contributed by atoms with Gasteiger partial charge in [-0.1, -0.05) is 156 Å². The third-order valence-electron chi connectivity index (χ3n) is 17.4. The molecule has 9 aromatic rings. The maximum Gasteiger partial charge on any atom is 0.139 e. The van der Waals surface area contributed by atoms with Crippen molar-refractivity contribution in [2.75, 3.05) is 10.6 Å². The zero-order valence-corrected chi connectivity index (χ0v) is 44.5. The monoisotopic (exact) mass is 935 g/mol. The van der Waals surface area contributed by atoms with Gasteiger partial charge >= 0.3 is 0 Å². The summed E-state index contributed by atoms with van der Waals surface area (Å²) < 4.78 is 0. The number of rotatable bonds is 6. The van der Waals surface area contributed by atoms with Crippen LogP contribution in [-0.4, -0.2) is 7.85 Å². The molecule has 2 nitrogen and oxygen atoms in total. The second-order valence-corrected chi connectivity index (χ2v) is 23.8. The van der Waals surface area contributed by atoms with E-state index in [1.165, 1.54) is 141 Å². The Morgan fingerprint density at radius 1 is 0.444 bits per heavy atom. The molecule has 0 unspecified atom stereocenters. The maximum absolute atomic E-state index is 7.41. The third kappa shape index (κ3) is 7.05. The number of nitrogens with zero attached hydrogens (tertiary/aromatic N) is 1. The van der Waals surface area contributed by atoms with Crippen molar-refractivity contribution >= 4 is 46.8 Å². The first kappa shape index (κ1) is 46.0. The zero-order chi connectivity index (χ0) is 50.3. The Morgan fingerprint density at radius 3 is 1.85 bits per heavy atom. The molecule has 3 aliphatic rings. The SMILES string of the molecule is Bc1ccc(N(c2cc3c(cc2C)-c2cc4c(cc2C3)C(C)(C)CCC4(C)C)c2cc(-c3c(C)cc(C)cc3C)cc(-c3c(N)ccc4ccccc34)c2-c2ccc3c(c2)C(C)(C)c2ccccc2-3)c(C)c1. The number of fused-ring (bicyclic) bond motifs is 8. The molecular weight excluding hydrogens is 868 g/mol. The van der Waals surface area contributed by atoms with Crippen molar-refractivity contribution in [3.63, 3.8) is 0 Å². The summed E-state index contributed by atoms with van der Waals surface area (Å²) in [6.45, 7) is 26.0. The highest BCUT2D eigenvalue weighted by molar-refractivity contribution is 6.32. The molecular formula is C69H67BN2. The lowest BCUT2D eigenvalue weighted by Gasteiger charge is -2.42. The Kier molecular flexibility index (Phi) is 10.4. The highest BCUT2D eigenvalue weighted by atomic mass is 15.1. The van der Waals surface area contributed by atoms with Crippen molar-refractivity contribution in [1.29, 1.82) is 0 Å². The first-order valence-corrected chi connectivity index (χ1v) is 26.3. The van der Waals surface area contributed by atoms with Gasteiger partial charge in [-0.3, -0.25) is 0 Å². The molecule has 2 N–H and O–H groups in total. The van der Waals surface area contributed by atoms with Crippen molar-refractivity contribution in [3.05, 3.63) is 207 Å². The molecule has 12 rings (SSSR count). The van der Waals surface area contributed by atoms with E-state index >= 15 is 0 Å². The predicted octanol–water partition coefficient (Wildman–Crippen LogP) is 16.9. The van der Waals surface area contributed by atoms with E-state index in [-0.39, 0.29) is 16.2 Å². The van der Waals surface area contributed by atoms with Gasteiger partial charge in [0.1, 0.15) is 7.85 Å². The lowest BCUT2D eigenvalue weighted by atomic mass is 9.62. The van der Waals surface area contributed by atoms with Gasteiger partial charge in [0.2, 0.25) is 0 Å². The van der Waals surface area contributed by atoms with E-state index in [4.69, 9.17) is 5.73 Å². The zero-order valence-electron chi connectivity index (χ0n) is 44.5. The predicted molar refractivity (Wildman–Crippen MR) is 312 cm³/mol. The molecule has 3 aliphatic carbocycles. The molecule has 0 amide bonds. The molecule has 0 radical (unpaired) electrons. The van der Waals surface area contributed by atoms with Crippen molar-refractivity contribution in [2.24, 2.45) is 0 Å². The first-order valence-electron chi connectivity index (χ1n) is 26.3. The molecule has 0 aromatic heterocycles. The quantitative estimate of drug-likeness (QED) is 0.133. The molecule has 0 fully saturated rings. The molecule has 0 heterocycles. The summed E-state index contributed by atoms with van der Waals surface area (Å²) >= 11 is 0. The Bertz CT molecular complexity index is 3760. The van der Waals surface area contributed by atoms with Crippen LogP contribution < -0.4 is 16.1 Å². The van der Waals surface area contributed by atoms with E-state index in [1.807, 2.05) is 0 Å². The van der Waals surface area contributed by atoms with E-state index in [9.17, 15) is 0 Å². The number of hydrogen-bond donors (Lipinski definition) is 1. The van der Waals surface area contributed by atoms with Crippen LogP contribution in [0.5, 0.6) is 0 Å². The maximum atomic E-state index is 7.41. The summed E-state index contributed by atoms with van der Waals surface area (Å²) in [5.74, 6) is 0. The topological polar surface area (TPSA) is 29.3 Å². The van der Waals surface area contributed by atoms with Gasteiger partial charge in [0.25, 0.3) is 0 Å². The van der Waals surface area contributed by atoms with Crippen LogP contribution in [0.4, 0.5) is 22.7 Å². The molecule has 0 bridgehead atoms. The minimum atomic E-state index is -0.195. The summed E-state index contributed by atoms with van der Waals surface area (Å²) in [5.41, 5.74) is 40.2. The third-order valence-corrected chi connectivity index (χ3v) is 17.4. The molecule has 0 spiro atoms. The van der Waals surface area contributed by atoms with Crippen LogP contribution in [0.15, 0.2) is 146 Å². The van der Waals surface area contributed by atoms with Crippen LogP contribution in [0.1, 0.15) is 116 Å². The number of nitrogens with two attached hydrogens (primary N) is 1. The summed E-state index contributed by atoms with van der Waals surface area (Å²) in [7, 11) is 2.21. The average Bonchev–Trinajstić information content (AvgIpc) is 3.80. The molecule has 9 aromatic carbocycles. The van der Waals surface area contributed by atoms with Crippen molar-refractivity contribution in [1.82, 2.24) is 0 Å². The lowest BCUT2D eigenvalue weighted by Crippen LogP contribution is -2.34. The molecule has 72 heavy (non-hydrogen) atoms. The highest BCUT2D eigenvalue weighted by Crippen LogP contribution is 2.56. The summed E-state index contributed by atoms with van der Waals surface area (Å²) in [6.07, 6.45) is 3.32. The van der Waals surface area contributed by atoms with Gasteiger partial charge in [-0.25, -0.2) is 0 Å². The second kappa shape index (κ2) is 16.2. The van der Waals surface area contributed by atoms with E-state index in [0.29, 0.717) is 0 Å².